The summed E-state index contributed by atoms with van der Waals surface area (Å²) in [5.74, 6) is 0.158. The number of nitrogens with zero attached hydrogens (tertiary/aromatic N) is 2. The quantitative estimate of drug-likeness (QED) is 0.637. The molecule has 0 saturated carbocycles. The smallest absolute Gasteiger partial charge is 0.319 e. The van der Waals surface area contributed by atoms with Crippen molar-refractivity contribution in [2.75, 3.05) is 24.3 Å². The van der Waals surface area contributed by atoms with Crippen LogP contribution in [0, 0.1) is 5.41 Å². The molecule has 1 atom stereocenters. The molecule has 2 N–H and O–H groups in total. The molecule has 0 aliphatic rings. The molecule has 0 bridgehead atoms. The molecule has 0 aliphatic carbocycles. The standard InChI is InChI=1S/C24H42N4O2/c1-11-17(2)28(21(29)15-23(3,4)5)16-18-14-19(12-13-20(18)27(9)10)25-22(30)26-24(6,7)8/h12-14,17H,11,15-16H2,1-10H3,(H2,25,26,30)/t17-/m1/s1. The molecular weight excluding hydrogens is 376 g/mol. The highest BCUT2D eigenvalue weighted by Crippen LogP contribution is 2.28. The minimum Gasteiger partial charge on any atom is -0.377 e. The fraction of sp³-hybridized carbons (Fsp3) is 0.667. The van der Waals surface area contributed by atoms with E-state index in [4.69, 9.17) is 0 Å². The molecule has 1 aromatic carbocycles. The van der Waals surface area contributed by atoms with Crippen LogP contribution in [-0.4, -0.2) is 42.5 Å². The molecular formula is C24H42N4O2. The number of carbonyl (C=O) groups is 2. The van der Waals surface area contributed by atoms with Crippen molar-refractivity contribution in [2.24, 2.45) is 5.41 Å². The van der Waals surface area contributed by atoms with E-state index in [1.54, 1.807) is 0 Å². The Labute approximate surface area is 183 Å². The SMILES string of the molecule is CC[C@@H](C)N(Cc1cc(NC(=O)NC(C)(C)C)ccc1N(C)C)C(=O)CC(C)(C)C. The lowest BCUT2D eigenvalue weighted by molar-refractivity contribution is -0.135. The van der Waals surface area contributed by atoms with Gasteiger partial charge in [0.25, 0.3) is 0 Å². The van der Waals surface area contributed by atoms with Crippen molar-refractivity contribution in [3.8, 4) is 0 Å². The van der Waals surface area contributed by atoms with Gasteiger partial charge in [-0.3, -0.25) is 4.79 Å². The van der Waals surface area contributed by atoms with Crippen molar-refractivity contribution in [2.45, 2.75) is 86.4 Å². The summed E-state index contributed by atoms with van der Waals surface area (Å²) in [5.41, 5.74) is 2.37. The second-order valence-corrected chi connectivity index (χ2v) is 10.6. The average Bonchev–Trinajstić information content (AvgIpc) is 2.55. The zero-order valence-corrected chi connectivity index (χ0v) is 20.6. The van der Waals surface area contributed by atoms with Crippen LogP contribution in [0.1, 0.15) is 73.8 Å². The van der Waals surface area contributed by atoms with Crippen LogP contribution < -0.4 is 15.5 Å². The third kappa shape index (κ3) is 8.64. The molecule has 1 aromatic rings. The van der Waals surface area contributed by atoms with Crippen molar-refractivity contribution < 1.29 is 9.59 Å². The first-order chi connectivity index (χ1) is 13.6. The highest BCUT2D eigenvalue weighted by molar-refractivity contribution is 5.90. The third-order valence-electron chi connectivity index (χ3n) is 4.77. The van der Waals surface area contributed by atoms with E-state index < -0.39 is 0 Å². The molecule has 0 heterocycles. The molecule has 0 spiro atoms. The lowest BCUT2D eigenvalue weighted by atomic mass is 9.91. The molecule has 3 amide bonds. The van der Waals surface area contributed by atoms with Crippen LogP contribution in [0.15, 0.2) is 18.2 Å². The van der Waals surface area contributed by atoms with Crippen molar-refractivity contribution in [3.05, 3.63) is 23.8 Å². The van der Waals surface area contributed by atoms with Crippen LogP contribution in [0.4, 0.5) is 16.2 Å². The Kier molecular flexibility index (Phi) is 8.76. The monoisotopic (exact) mass is 418 g/mol. The van der Waals surface area contributed by atoms with E-state index in [0.717, 1.165) is 17.7 Å². The zero-order valence-electron chi connectivity index (χ0n) is 20.6. The maximum atomic E-state index is 13.1. The molecule has 0 unspecified atom stereocenters. The number of anilines is 2. The Morgan fingerprint density at radius 3 is 2.13 bits per heavy atom. The normalized spacial score (nSPS) is 12.9. The lowest BCUT2D eigenvalue weighted by Crippen LogP contribution is -2.43. The number of carbonyl (C=O) groups excluding carboxylic acids is 2. The summed E-state index contributed by atoms with van der Waals surface area (Å²) in [4.78, 5) is 29.4. The van der Waals surface area contributed by atoms with Gasteiger partial charge in [-0.05, 0) is 63.3 Å². The van der Waals surface area contributed by atoms with Crippen molar-refractivity contribution in [1.82, 2.24) is 10.2 Å². The van der Waals surface area contributed by atoms with Crippen LogP contribution in [0.2, 0.25) is 0 Å². The van der Waals surface area contributed by atoms with E-state index in [1.165, 1.54) is 0 Å². The summed E-state index contributed by atoms with van der Waals surface area (Å²) < 4.78 is 0. The number of urea groups is 1. The molecule has 0 saturated heterocycles. The van der Waals surface area contributed by atoms with Crippen molar-refractivity contribution >= 4 is 23.3 Å². The van der Waals surface area contributed by atoms with Gasteiger partial charge in [0.2, 0.25) is 5.91 Å². The number of hydrogen-bond acceptors (Lipinski definition) is 3. The summed E-state index contributed by atoms with van der Waals surface area (Å²) in [7, 11) is 3.98. The zero-order chi connectivity index (χ0) is 23.3. The molecule has 1 rings (SSSR count). The van der Waals surface area contributed by atoms with Gasteiger partial charge in [0.1, 0.15) is 0 Å². The number of amides is 3. The van der Waals surface area contributed by atoms with Gasteiger partial charge in [0, 0.05) is 50.0 Å². The van der Waals surface area contributed by atoms with Gasteiger partial charge in [-0.15, -0.1) is 0 Å². The highest BCUT2D eigenvalue weighted by atomic mass is 16.2. The van der Waals surface area contributed by atoms with E-state index in [9.17, 15) is 9.59 Å². The van der Waals surface area contributed by atoms with E-state index in [1.807, 2.05) is 62.9 Å². The van der Waals surface area contributed by atoms with Gasteiger partial charge in [-0.2, -0.15) is 0 Å². The summed E-state index contributed by atoms with van der Waals surface area (Å²) in [6.07, 6.45) is 1.39. The first-order valence-electron chi connectivity index (χ1n) is 10.8. The largest absolute Gasteiger partial charge is 0.377 e. The fourth-order valence-electron chi connectivity index (χ4n) is 3.18. The molecule has 0 aromatic heterocycles. The number of hydrogen-bond donors (Lipinski definition) is 2. The Hall–Kier alpha value is -2.24. The first kappa shape index (κ1) is 25.8. The Bertz CT molecular complexity index is 730. The molecule has 0 fully saturated rings. The maximum absolute atomic E-state index is 13.1. The predicted octanol–water partition coefficient (Wildman–Crippen LogP) is 5.24. The van der Waals surface area contributed by atoms with Crippen LogP contribution >= 0.6 is 0 Å². The van der Waals surface area contributed by atoms with E-state index in [2.05, 4.69) is 45.3 Å². The maximum Gasteiger partial charge on any atom is 0.319 e. The van der Waals surface area contributed by atoms with Crippen LogP contribution in [0.5, 0.6) is 0 Å². The topological polar surface area (TPSA) is 64.7 Å². The fourth-order valence-corrected chi connectivity index (χ4v) is 3.18. The Morgan fingerprint density at radius 2 is 1.67 bits per heavy atom. The van der Waals surface area contributed by atoms with Crippen LogP contribution in [0.25, 0.3) is 0 Å². The van der Waals surface area contributed by atoms with Gasteiger partial charge in [0.15, 0.2) is 0 Å². The Morgan fingerprint density at radius 1 is 1.07 bits per heavy atom. The molecule has 6 heteroatoms. The average molecular weight is 419 g/mol. The van der Waals surface area contributed by atoms with E-state index in [0.29, 0.717) is 18.7 Å². The minimum atomic E-state index is -0.316. The number of rotatable bonds is 7. The Balaban J connectivity index is 3.20. The van der Waals surface area contributed by atoms with E-state index in [-0.39, 0.29) is 28.9 Å². The molecule has 30 heavy (non-hydrogen) atoms. The van der Waals surface area contributed by atoms with Gasteiger partial charge in [0.05, 0.1) is 0 Å². The van der Waals surface area contributed by atoms with Gasteiger partial charge < -0.3 is 20.4 Å². The van der Waals surface area contributed by atoms with Gasteiger partial charge in [-0.25, -0.2) is 4.79 Å². The summed E-state index contributed by atoms with van der Waals surface area (Å²) in [6, 6.07) is 5.75. The first-order valence-corrected chi connectivity index (χ1v) is 10.8. The minimum absolute atomic E-state index is 0.0678. The third-order valence-corrected chi connectivity index (χ3v) is 4.77. The number of benzene rings is 1. The predicted molar refractivity (Wildman–Crippen MR) is 127 cm³/mol. The summed E-state index contributed by atoms with van der Waals surface area (Å²) in [5, 5.41) is 5.83. The second kappa shape index (κ2) is 10.2. The van der Waals surface area contributed by atoms with Gasteiger partial charge >= 0.3 is 6.03 Å². The highest BCUT2D eigenvalue weighted by Gasteiger charge is 2.25. The molecule has 0 radical (unpaired) electrons. The van der Waals surface area contributed by atoms with Crippen molar-refractivity contribution in [1.29, 1.82) is 0 Å². The second-order valence-electron chi connectivity index (χ2n) is 10.6. The van der Waals surface area contributed by atoms with Crippen molar-refractivity contribution in [3.63, 3.8) is 0 Å². The van der Waals surface area contributed by atoms with E-state index >= 15 is 0 Å². The molecule has 6 nitrogen and oxygen atoms in total. The number of nitrogens with one attached hydrogen (secondary N) is 2. The molecule has 0 aliphatic heterocycles. The lowest BCUT2D eigenvalue weighted by Gasteiger charge is -2.33. The molecule has 170 valence electrons. The summed E-state index contributed by atoms with van der Waals surface area (Å²) in [6.45, 7) is 16.8. The van der Waals surface area contributed by atoms with Crippen LogP contribution in [-0.2, 0) is 11.3 Å². The summed E-state index contributed by atoms with van der Waals surface area (Å²) >= 11 is 0. The van der Waals surface area contributed by atoms with Crippen LogP contribution in [0.3, 0.4) is 0 Å². The van der Waals surface area contributed by atoms with Gasteiger partial charge in [-0.1, -0.05) is 27.7 Å².